The van der Waals surface area contributed by atoms with Crippen LogP contribution in [0.5, 0.6) is 11.5 Å². The Morgan fingerprint density at radius 3 is 2.59 bits per heavy atom. The van der Waals surface area contributed by atoms with Gasteiger partial charge in [-0.2, -0.15) is 0 Å². The zero-order chi connectivity index (χ0) is 28.4. The molecule has 0 aromatic heterocycles. The molecule has 3 atom stereocenters. The molecule has 39 heavy (non-hydrogen) atoms. The van der Waals surface area contributed by atoms with E-state index in [0.717, 1.165) is 25.7 Å². The molecule has 11 heteroatoms. The smallest absolute Gasteiger partial charge is 0.247 e. The summed E-state index contributed by atoms with van der Waals surface area (Å²) in [5.41, 5.74) is 1.02. The summed E-state index contributed by atoms with van der Waals surface area (Å²) in [5, 5.41) is 33.1. The first kappa shape index (κ1) is 31.6. The molecule has 0 aliphatic heterocycles. The molecular formula is C28H41IN2O8. The maximum atomic E-state index is 13.7. The van der Waals surface area contributed by atoms with E-state index in [4.69, 9.17) is 14.2 Å². The zero-order valence-corrected chi connectivity index (χ0v) is 24.9. The van der Waals surface area contributed by atoms with Crippen molar-refractivity contribution in [1.29, 1.82) is 0 Å². The average Bonchev–Trinajstić information content (AvgIpc) is 3.48. The number of aliphatic hydroxyl groups is 3. The van der Waals surface area contributed by atoms with Gasteiger partial charge < -0.3 is 39.7 Å². The molecule has 0 radical (unpaired) electrons. The molecule has 0 bridgehead atoms. The first-order valence-corrected chi connectivity index (χ1v) is 14.7. The quantitative estimate of drug-likeness (QED) is 0.176. The number of hydrogen-bond donors (Lipinski definition) is 4. The summed E-state index contributed by atoms with van der Waals surface area (Å²) in [4.78, 5) is 28.5. The molecule has 2 aliphatic rings. The molecule has 2 aliphatic carbocycles. The summed E-state index contributed by atoms with van der Waals surface area (Å²) in [6, 6.07) is 2.73. The number of ether oxygens (including phenoxy) is 3. The number of rotatable bonds is 14. The van der Waals surface area contributed by atoms with Gasteiger partial charge in [0.25, 0.3) is 0 Å². The van der Waals surface area contributed by atoms with Crippen LogP contribution < -0.4 is 14.8 Å². The molecule has 1 saturated carbocycles. The molecule has 10 nitrogen and oxygen atoms in total. The minimum atomic E-state index is -1.12. The van der Waals surface area contributed by atoms with E-state index in [1.54, 1.807) is 23.1 Å². The number of carbonyl (C=O) groups is 2. The molecule has 1 fully saturated rings. The van der Waals surface area contributed by atoms with Crippen molar-refractivity contribution in [1.82, 2.24) is 10.2 Å². The maximum Gasteiger partial charge on any atom is 0.247 e. The molecule has 1 aromatic rings. The highest BCUT2D eigenvalue weighted by Gasteiger charge is 2.42. The third-order valence-corrected chi connectivity index (χ3v) is 8.02. The summed E-state index contributed by atoms with van der Waals surface area (Å²) in [5.74, 6) is 0.262. The second kappa shape index (κ2) is 15.8. The van der Waals surface area contributed by atoms with Gasteiger partial charge in [0.2, 0.25) is 11.8 Å². The third-order valence-electron chi connectivity index (χ3n) is 7.22. The SMILES string of the molecule is CCOCCCN(C(=O)C1CCCC1)C1CC(C(=O)NCCO)=CC(Oc2c(I)cc(CO)cc2OC)C1O. The van der Waals surface area contributed by atoms with Gasteiger partial charge in [-0.3, -0.25) is 9.59 Å². The highest BCUT2D eigenvalue weighted by molar-refractivity contribution is 14.1. The first-order chi connectivity index (χ1) is 18.8. The zero-order valence-electron chi connectivity index (χ0n) is 22.7. The highest BCUT2D eigenvalue weighted by Crippen LogP contribution is 2.38. The normalized spacial score (nSPS) is 21.4. The van der Waals surface area contributed by atoms with Gasteiger partial charge in [-0.05, 0) is 72.5 Å². The number of nitrogens with zero attached hydrogens (tertiary/aromatic N) is 1. The lowest BCUT2D eigenvalue weighted by Crippen LogP contribution is -2.56. The van der Waals surface area contributed by atoms with Crippen molar-refractivity contribution in [3.05, 3.63) is 32.9 Å². The summed E-state index contributed by atoms with van der Waals surface area (Å²) in [6.07, 6.45) is 3.90. The average molecular weight is 661 g/mol. The number of carbonyl (C=O) groups excluding carboxylic acids is 2. The second-order valence-electron chi connectivity index (χ2n) is 9.85. The van der Waals surface area contributed by atoms with Crippen LogP contribution in [-0.2, 0) is 20.9 Å². The van der Waals surface area contributed by atoms with Gasteiger partial charge >= 0.3 is 0 Å². The minimum absolute atomic E-state index is 0.0109. The fourth-order valence-electron chi connectivity index (χ4n) is 5.22. The van der Waals surface area contributed by atoms with Crippen molar-refractivity contribution in [2.24, 2.45) is 5.92 Å². The van der Waals surface area contributed by atoms with Crippen LogP contribution in [-0.4, -0.2) is 90.3 Å². The monoisotopic (exact) mass is 660 g/mol. The molecule has 1 aromatic carbocycles. The number of halogens is 1. The van der Waals surface area contributed by atoms with Crippen LogP contribution in [0, 0.1) is 9.49 Å². The van der Waals surface area contributed by atoms with Gasteiger partial charge in [-0.25, -0.2) is 0 Å². The van der Waals surface area contributed by atoms with E-state index in [9.17, 15) is 24.9 Å². The van der Waals surface area contributed by atoms with Gasteiger partial charge in [0.05, 0.1) is 29.9 Å². The number of hydrogen-bond acceptors (Lipinski definition) is 8. The standard InChI is InChI=1S/C28H41IN2O8/c1-3-38-12-6-10-31(28(36)19-7-4-5-8-19)22-15-20(27(35)30-9-11-32)16-23(25(22)34)39-26-21(29)13-18(17-33)14-24(26)37-2/h13-14,16,19,22-23,25,32-34H,3-12,15,17H2,1-2H3,(H,30,35). The summed E-state index contributed by atoms with van der Waals surface area (Å²) in [6.45, 7) is 3.08. The van der Waals surface area contributed by atoms with Crippen molar-refractivity contribution in [2.45, 2.75) is 70.3 Å². The lowest BCUT2D eigenvalue weighted by molar-refractivity contribution is -0.143. The largest absolute Gasteiger partial charge is 0.493 e. The lowest BCUT2D eigenvalue weighted by Gasteiger charge is -2.41. The van der Waals surface area contributed by atoms with Crippen molar-refractivity contribution >= 4 is 34.4 Å². The van der Waals surface area contributed by atoms with Gasteiger partial charge in [0.15, 0.2) is 11.5 Å². The van der Waals surface area contributed by atoms with Crippen LogP contribution in [0.15, 0.2) is 23.8 Å². The molecule has 0 heterocycles. The number of nitrogens with one attached hydrogen (secondary N) is 1. The van der Waals surface area contributed by atoms with E-state index in [-0.39, 0.29) is 43.9 Å². The Balaban J connectivity index is 1.96. The van der Waals surface area contributed by atoms with Crippen LogP contribution in [0.3, 0.4) is 0 Å². The van der Waals surface area contributed by atoms with Gasteiger partial charge in [0.1, 0.15) is 12.2 Å². The Labute approximate surface area is 243 Å². The second-order valence-corrected chi connectivity index (χ2v) is 11.0. The molecule has 218 valence electrons. The van der Waals surface area contributed by atoms with E-state index in [1.807, 2.05) is 6.92 Å². The minimum Gasteiger partial charge on any atom is -0.493 e. The predicted octanol–water partition coefficient (Wildman–Crippen LogP) is 2.15. The molecule has 4 N–H and O–H groups in total. The predicted molar refractivity (Wildman–Crippen MR) is 153 cm³/mol. The van der Waals surface area contributed by atoms with E-state index in [0.29, 0.717) is 52.4 Å². The van der Waals surface area contributed by atoms with Crippen molar-refractivity contribution in [3.63, 3.8) is 0 Å². The summed E-state index contributed by atoms with van der Waals surface area (Å²) >= 11 is 2.08. The van der Waals surface area contributed by atoms with Crippen molar-refractivity contribution < 1.29 is 39.1 Å². The Morgan fingerprint density at radius 1 is 1.21 bits per heavy atom. The fourth-order valence-corrected chi connectivity index (χ4v) is 6.02. The maximum absolute atomic E-state index is 13.7. The Kier molecular flexibility index (Phi) is 12.8. The molecular weight excluding hydrogens is 619 g/mol. The summed E-state index contributed by atoms with van der Waals surface area (Å²) < 4.78 is 18.0. The van der Waals surface area contributed by atoms with E-state index >= 15 is 0 Å². The number of benzene rings is 1. The van der Waals surface area contributed by atoms with E-state index in [1.165, 1.54) is 7.11 Å². The van der Waals surface area contributed by atoms with E-state index in [2.05, 4.69) is 27.9 Å². The molecule has 3 unspecified atom stereocenters. The van der Waals surface area contributed by atoms with Crippen molar-refractivity contribution in [3.8, 4) is 11.5 Å². The van der Waals surface area contributed by atoms with E-state index < -0.39 is 18.2 Å². The van der Waals surface area contributed by atoms with Crippen LogP contribution in [0.1, 0.15) is 51.0 Å². The van der Waals surface area contributed by atoms with Crippen LogP contribution in [0.2, 0.25) is 0 Å². The number of aliphatic hydroxyl groups excluding tert-OH is 3. The Morgan fingerprint density at radius 2 is 1.95 bits per heavy atom. The van der Waals surface area contributed by atoms with Crippen LogP contribution in [0.25, 0.3) is 0 Å². The number of methoxy groups -OCH3 is 1. The molecule has 3 rings (SSSR count). The molecule has 0 saturated heterocycles. The number of amides is 2. The highest BCUT2D eigenvalue weighted by atomic mass is 127. The van der Waals surface area contributed by atoms with Crippen molar-refractivity contribution in [2.75, 3.05) is 40.0 Å². The lowest BCUT2D eigenvalue weighted by atomic mass is 9.87. The van der Waals surface area contributed by atoms with Gasteiger partial charge in [-0.1, -0.05) is 12.8 Å². The third kappa shape index (κ3) is 8.29. The molecule has 2 amide bonds. The van der Waals surface area contributed by atoms with Gasteiger partial charge in [0, 0.05) is 44.2 Å². The topological polar surface area (TPSA) is 138 Å². The van der Waals surface area contributed by atoms with Gasteiger partial charge in [-0.15, -0.1) is 0 Å². The Hall–Kier alpha value is -1.93. The summed E-state index contributed by atoms with van der Waals surface area (Å²) in [7, 11) is 1.49. The molecule has 0 spiro atoms. The van der Waals surface area contributed by atoms with Crippen LogP contribution >= 0.6 is 22.6 Å². The Bertz CT molecular complexity index is 998. The fraction of sp³-hybridized carbons (Fsp3) is 0.643. The van der Waals surface area contributed by atoms with Crippen LogP contribution in [0.4, 0.5) is 0 Å². The first-order valence-electron chi connectivity index (χ1n) is 13.6.